The molecule has 1 amide bonds. The van der Waals surface area contributed by atoms with E-state index in [0.717, 1.165) is 26.1 Å². The summed E-state index contributed by atoms with van der Waals surface area (Å²) in [6.07, 6.45) is 1.96. The number of benzene rings is 1. The van der Waals surface area contributed by atoms with E-state index in [2.05, 4.69) is 5.32 Å². The number of nitrogens with two attached hydrogens (primary N) is 1. The molecule has 1 atom stereocenters. The summed E-state index contributed by atoms with van der Waals surface area (Å²) >= 11 is 0. The molecule has 1 saturated heterocycles. The van der Waals surface area contributed by atoms with Gasteiger partial charge >= 0.3 is 0 Å². The van der Waals surface area contributed by atoms with Crippen LogP contribution >= 0.6 is 0 Å². The minimum absolute atomic E-state index is 0.108. The van der Waals surface area contributed by atoms with Gasteiger partial charge in [-0.1, -0.05) is 0 Å². The first-order chi connectivity index (χ1) is 9.61. The highest BCUT2D eigenvalue weighted by Gasteiger charge is 2.23. The first-order valence-electron chi connectivity index (χ1n) is 6.94. The van der Waals surface area contributed by atoms with Gasteiger partial charge in [0.15, 0.2) is 0 Å². The summed E-state index contributed by atoms with van der Waals surface area (Å²) in [5, 5.41) is 3.03. The molecule has 0 bridgehead atoms. The lowest BCUT2D eigenvalue weighted by Gasteiger charge is -2.28. The number of nitrogens with one attached hydrogen (secondary N) is 1. The SMILES string of the molecule is COc1ccc(N)c(C(=O)NC(C)C2CCOCC2)c1. The summed E-state index contributed by atoms with van der Waals surface area (Å²) in [7, 11) is 1.57. The first-order valence-corrected chi connectivity index (χ1v) is 6.94. The van der Waals surface area contributed by atoms with E-state index in [0.29, 0.717) is 22.9 Å². The Labute approximate surface area is 119 Å². The highest BCUT2D eigenvalue weighted by atomic mass is 16.5. The van der Waals surface area contributed by atoms with Crippen molar-refractivity contribution in [3.63, 3.8) is 0 Å². The van der Waals surface area contributed by atoms with Gasteiger partial charge in [-0.15, -0.1) is 0 Å². The van der Waals surface area contributed by atoms with Gasteiger partial charge in [0.2, 0.25) is 0 Å². The smallest absolute Gasteiger partial charge is 0.253 e. The molecule has 0 saturated carbocycles. The molecule has 1 aromatic carbocycles. The largest absolute Gasteiger partial charge is 0.497 e. The van der Waals surface area contributed by atoms with Crippen LogP contribution in [-0.4, -0.2) is 32.3 Å². The van der Waals surface area contributed by atoms with Crippen LogP contribution < -0.4 is 15.8 Å². The minimum atomic E-state index is -0.152. The summed E-state index contributed by atoms with van der Waals surface area (Å²) in [4.78, 5) is 12.3. The molecule has 1 heterocycles. The Kier molecular flexibility index (Phi) is 4.84. The predicted octanol–water partition coefficient (Wildman–Crippen LogP) is 1.82. The number of carbonyl (C=O) groups is 1. The van der Waals surface area contributed by atoms with Crippen LogP contribution in [0.5, 0.6) is 5.75 Å². The monoisotopic (exact) mass is 278 g/mol. The van der Waals surface area contributed by atoms with Crippen molar-refractivity contribution in [2.24, 2.45) is 5.92 Å². The third-order valence-corrected chi connectivity index (χ3v) is 3.84. The van der Waals surface area contributed by atoms with Crippen LogP contribution in [0.1, 0.15) is 30.1 Å². The van der Waals surface area contributed by atoms with Gasteiger partial charge in [-0.05, 0) is 43.9 Å². The van der Waals surface area contributed by atoms with E-state index in [4.69, 9.17) is 15.2 Å². The summed E-state index contributed by atoms with van der Waals surface area (Å²) in [6, 6.07) is 5.21. The van der Waals surface area contributed by atoms with E-state index >= 15 is 0 Å². The molecule has 0 aliphatic carbocycles. The average molecular weight is 278 g/mol. The molecule has 1 aliphatic rings. The molecular formula is C15H22N2O3. The second kappa shape index (κ2) is 6.61. The Morgan fingerprint density at radius 2 is 2.15 bits per heavy atom. The van der Waals surface area contributed by atoms with Crippen LogP contribution in [0.15, 0.2) is 18.2 Å². The summed E-state index contributed by atoms with van der Waals surface area (Å²) in [6.45, 7) is 3.57. The second-order valence-electron chi connectivity index (χ2n) is 5.17. The van der Waals surface area contributed by atoms with Gasteiger partial charge in [0.25, 0.3) is 5.91 Å². The van der Waals surface area contributed by atoms with E-state index in [1.165, 1.54) is 0 Å². The Morgan fingerprint density at radius 3 is 2.80 bits per heavy atom. The summed E-state index contributed by atoms with van der Waals surface area (Å²) in [5.74, 6) is 0.933. The molecule has 20 heavy (non-hydrogen) atoms. The number of methoxy groups -OCH3 is 1. The van der Waals surface area contributed by atoms with Crippen molar-refractivity contribution in [1.82, 2.24) is 5.32 Å². The maximum Gasteiger partial charge on any atom is 0.253 e. The molecule has 1 aliphatic heterocycles. The van der Waals surface area contributed by atoms with E-state index in [1.807, 2.05) is 6.92 Å². The molecule has 5 heteroatoms. The molecule has 1 fully saturated rings. The van der Waals surface area contributed by atoms with Gasteiger partial charge in [0, 0.05) is 24.9 Å². The lowest BCUT2D eigenvalue weighted by atomic mass is 9.92. The predicted molar refractivity (Wildman–Crippen MR) is 77.9 cm³/mol. The zero-order chi connectivity index (χ0) is 14.5. The van der Waals surface area contributed by atoms with Crippen LogP contribution in [0.3, 0.4) is 0 Å². The standard InChI is InChI=1S/C15H22N2O3/c1-10(11-5-7-20-8-6-11)17-15(18)13-9-12(19-2)3-4-14(13)16/h3-4,9-11H,5-8,16H2,1-2H3,(H,17,18). The van der Waals surface area contributed by atoms with Crippen molar-refractivity contribution in [3.05, 3.63) is 23.8 Å². The van der Waals surface area contributed by atoms with Crippen molar-refractivity contribution in [2.45, 2.75) is 25.8 Å². The lowest BCUT2D eigenvalue weighted by Crippen LogP contribution is -2.40. The van der Waals surface area contributed by atoms with Gasteiger partial charge in [0.05, 0.1) is 12.7 Å². The summed E-state index contributed by atoms with van der Waals surface area (Å²) < 4.78 is 10.5. The Morgan fingerprint density at radius 1 is 1.45 bits per heavy atom. The van der Waals surface area contributed by atoms with Crippen LogP contribution in [-0.2, 0) is 4.74 Å². The van der Waals surface area contributed by atoms with Crippen molar-refractivity contribution >= 4 is 11.6 Å². The number of hydrogen-bond acceptors (Lipinski definition) is 4. The van der Waals surface area contributed by atoms with E-state index < -0.39 is 0 Å². The molecule has 0 spiro atoms. The normalized spacial score (nSPS) is 17.5. The highest BCUT2D eigenvalue weighted by molar-refractivity contribution is 5.99. The first kappa shape index (κ1) is 14.7. The van der Waals surface area contributed by atoms with Gasteiger partial charge in [-0.3, -0.25) is 4.79 Å². The van der Waals surface area contributed by atoms with Crippen molar-refractivity contribution < 1.29 is 14.3 Å². The molecule has 5 nitrogen and oxygen atoms in total. The fourth-order valence-electron chi connectivity index (χ4n) is 2.48. The quantitative estimate of drug-likeness (QED) is 0.824. The maximum atomic E-state index is 12.3. The number of ether oxygens (including phenoxy) is 2. The van der Waals surface area contributed by atoms with Gasteiger partial charge in [-0.2, -0.15) is 0 Å². The fourth-order valence-corrected chi connectivity index (χ4v) is 2.48. The van der Waals surface area contributed by atoms with Crippen LogP contribution in [0.2, 0.25) is 0 Å². The molecule has 110 valence electrons. The third kappa shape index (κ3) is 3.42. The maximum absolute atomic E-state index is 12.3. The molecule has 3 N–H and O–H groups in total. The van der Waals surface area contributed by atoms with Gasteiger partial charge in [-0.25, -0.2) is 0 Å². The van der Waals surface area contributed by atoms with Crippen LogP contribution in [0, 0.1) is 5.92 Å². The zero-order valence-corrected chi connectivity index (χ0v) is 12.0. The fraction of sp³-hybridized carbons (Fsp3) is 0.533. The number of nitrogen functional groups attached to an aromatic ring is 1. The lowest BCUT2D eigenvalue weighted by molar-refractivity contribution is 0.0538. The number of hydrogen-bond donors (Lipinski definition) is 2. The second-order valence-corrected chi connectivity index (χ2v) is 5.17. The molecule has 1 unspecified atom stereocenters. The van der Waals surface area contributed by atoms with Crippen molar-refractivity contribution in [2.75, 3.05) is 26.1 Å². The average Bonchev–Trinajstić information content (AvgIpc) is 2.48. The number of amides is 1. The van der Waals surface area contributed by atoms with Crippen molar-refractivity contribution in [3.8, 4) is 5.75 Å². The van der Waals surface area contributed by atoms with E-state index in [1.54, 1.807) is 25.3 Å². The zero-order valence-electron chi connectivity index (χ0n) is 12.0. The number of anilines is 1. The van der Waals surface area contributed by atoms with Crippen LogP contribution in [0.4, 0.5) is 5.69 Å². The Bertz CT molecular complexity index is 470. The van der Waals surface area contributed by atoms with Crippen molar-refractivity contribution in [1.29, 1.82) is 0 Å². The molecule has 0 aromatic heterocycles. The molecule has 1 aromatic rings. The molecular weight excluding hydrogens is 256 g/mol. The molecule has 0 radical (unpaired) electrons. The Hall–Kier alpha value is -1.75. The highest BCUT2D eigenvalue weighted by Crippen LogP contribution is 2.22. The number of carbonyl (C=O) groups excluding carboxylic acids is 1. The number of rotatable bonds is 4. The minimum Gasteiger partial charge on any atom is -0.497 e. The van der Waals surface area contributed by atoms with Gasteiger partial charge < -0.3 is 20.5 Å². The third-order valence-electron chi connectivity index (χ3n) is 3.84. The van der Waals surface area contributed by atoms with E-state index in [-0.39, 0.29) is 11.9 Å². The molecule has 2 rings (SSSR count). The summed E-state index contributed by atoms with van der Waals surface area (Å²) in [5.41, 5.74) is 6.78. The van der Waals surface area contributed by atoms with Gasteiger partial charge in [0.1, 0.15) is 5.75 Å². The van der Waals surface area contributed by atoms with E-state index in [9.17, 15) is 4.79 Å². The van der Waals surface area contributed by atoms with Crippen LogP contribution in [0.25, 0.3) is 0 Å². The Balaban J connectivity index is 2.03. The topological polar surface area (TPSA) is 73.6 Å².